The largest absolute Gasteiger partial charge is 0.444 e. The first-order chi connectivity index (χ1) is 15.1. The fourth-order valence-electron chi connectivity index (χ4n) is 2.60. The molecule has 0 fully saturated rings. The number of halogens is 1. The van der Waals surface area contributed by atoms with Crippen molar-refractivity contribution < 1.29 is 19.1 Å². The van der Waals surface area contributed by atoms with Crippen molar-refractivity contribution in [2.24, 2.45) is 0 Å². The third-order valence-corrected chi connectivity index (χ3v) is 4.74. The minimum absolute atomic E-state index is 0.111. The maximum Gasteiger partial charge on any atom is 0.407 e. The summed E-state index contributed by atoms with van der Waals surface area (Å²) in [4.78, 5) is 35.8. The SMILES string of the molecule is CC(C)(C)OC(=O)NCCC(=O)Nc1cccc(CNC(=O)/C=C/c2ccccc2Br)c1. The summed E-state index contributed by atoms with van der Waals surface area (Å²) in [6.07, 6.45) is 2.77. The van der Waals surface area contributed by atoms with Crippen molar-refractivity contribution in [3.8, 4) is 0 Å². The van der Waals surface area contributed by atoms with Gasteiger partial charge >= 0.3 is 6.09 Å². The lowest BCUT2D eigenvalue weighted by Crippen LogP contribution is -2.34. The van der Waals surface area contributed by atoms with Gasteiger partial charge in [-0.1, -0.05) is 46.3 Å². The van der Waals surface area contributed by atoms with Gasteiger partial charge in [0.25, 0.3) is 0 Å². The molecule has 0 aliphatic carbocycles. The summed E-state index contributed by atoms with van der Waals surface area (Å²) in [5.41, 5.74) is 1.78. The number of carbonyl (C=O) groups excluding carboxylic acids is 3. The van der Waals surface area contributed by atoms with E-state index in [1.807, 2.05) is 30.3 Å². The van der Waals surface area contributed by atoms with Crippen molar-refractivity contribution in [2.75, 3.05) is 11.9 Å². The first kappa shape index (κ1) is 25.1. The lowest BCUT2D eigenvalue weighted by molar-refractivity contribution is -0.117. The van der Waals surface area contributed by atoms with Crippen LogP contribution in [0.5, 0.6) is 0 Å². The quantitative estimate of drug-likeness (QED) is 0.459. The molecule has 0 bridgehead atoms. The number of carbonyl (C=O) groups is 3. The summed E-state index contributed by atoms with van der Waals surface area (Å²) in [5.74, 6) is -0.456. The first-order valence-corrected chi connectivity index (χ1v) is 11.0. The zero-order valence-corrected chi connectivity index (χ0v) is 20.0. The van der Waals surface area contributed by atoms with Gasteiger partial charge in [-0.25, -0.2) is 4.79 Å². The number of hydrogen-bond acceptors (Lipinski definition) is 4. The second-order valence-corrected chi connectivity index (χ2v) is 8.85. The summed E-state index contributed by atoms with van der Waals surface area (Å²) in [5, 5.41) is 8.15. The maximum atomic E-state index is 12.1. The van der Waals surface area contributed by atoms with Crippen LogP contribution < -0.4 is 16.0 Å². The standard InChI is InChI=1S/C24H28BrN3O4/c1-24(2,3)32-23(31)26-14-13-22(30)28-19-9-6-7-17(15-19)16-27-21(29)12-11-18-8-4-5-10-20(18)25/h4-12,15H,13-14,16H2,1-3H3,(H,26,31)(H,27,29)(H,28,30)/b12-11+. The zero-order chi connectivity index (χ0) is 23.6. The molecule has 0 aromatic heterocycles. The molecule has 0 radical (unpaired) electrons. The van der Waals surface area contributed by atoms with Gasteiger partial charge in [0.15, 0.2) is 0 Å². The highest BCUT2D eigenvalue weighted by atomic mass is 79.9. The predicted molar refractivity (Wildman–Crippen MR) is 129 cm³/mol. The smallest absolute Gasteiger partial charge is 0.407 e. The number of hydrogen-bond donors (Lipinski definition) is 3. The molecule has 2 rings (SSSR count). The normalized spacial score (nSPS) is 11.1. The molecule has 3 N–H and O–H groups in total. The topological polar surface area (TPSA) is 96.5 Å². The maximum absolute atomic E-state index is 12.1. The van der Waals surface area contributed by atoms with Crippen molar-refractivity contribution in [3.05, 3.63) is 70.2 Å². The Morgan fingerprint density at radius 1 is 1.03 bits per heavy atom. The van der Waals surface area contributed by atoms with Crippen LogP contribution in [-0.2, 0) is 20.9 Å². The van der Waals surface area contributed by atoms with Crippen molar-refractivity contribution in [3.63, 3.8) is 0 Å². The molecule has 2 aromatic carbocycles. The Morgan fingerprint density at radius 3 is 2.50 bits per heavy atom. The van der Waals surface area contributed by atoms with Crippen LogP contribution in [-0.4, -0.2) is 30.1 Å². The van der Waals surface area contributed by atoms with Gasteiger partial charge in [-0.15, -0.1) is 0 Å². The number of benzene rings is 2. The van der Waals surface area contributed by atoms with Gasteiger partial charge < -0.3 is 20.7 Å². The van der Waals surface area contributed by atoms with E-state index in [1.165, 1.54) is 6.08 Å². The van der Waals surface area contributed by atoms with Gasteiger partial charge in [0, 0.05) is 35.7 Å². The summed E-state index contributed by atoms with van der Waals surface area (Å²) in [6.45, 7) is 5.80. The summed E-state index contributed by atoms with van der Waals surface area (Å²) >= 11 is 3.44. The van der Waals surface area contributed by atoms with Gasteiger partial charge in [-0.05, 0) is 56.2 Å². The molecule has 3 amide bonds. The molecule has 0 aliphatic rings. The third kappa shape index (κ3) is 9.78. The van der Waals surface area contributed by atoms with Crippen molar-refractivity contribution in [1.29, 1.82) is 0 Å². The molecule has 7 nitrogen and oxygen atoms in total. The van der Waals surface area contributed by atoms with Crippen LogP contribution in [0.3, 0.4) is 0 Å². The van der Waals surface area contributed by atoms with E-state index in [9.17, 15) is 14.4 Å². The number of nitrogens with one attached hydrogen (secondary N) is 3. The van der Waals surface area contributed by atoms with Gasteiger partial charge in [-0.2, -0.15) is 0 Å². The van der Waals surface area contributed by atoms with E-state index in [-0.39, 0.29) is 24.8 Å². The monoisotopic (exact) mass is 501 g/mol. The highest BCUT2D eigenvalue weighted by Gasteiger charge is 2.15. The lowest BCUT2D eigenvalue weighted by atomic mass is 10.2. The molecular weight excluding hydrogens is 474 g/mol. The van der Waals surface area contributed by atoms with E-state index in [1.54, 1.807) is 45.0 Å². The Hall–Kier alpha value is -3.13. The minimum atomic E-state index is -0.587. The molecule has 8 heteroatoms. The second-order valence-electron chi connectivity index (χ2n) is 8.00. The van der Waals surface area contributed by atoms with E-state index in [2.05, 4.69) is 31.9 Å². The van der Waals surface area contributed by atoms with Crippen LogP contribution in [0.2, 0.25) is 0 Å². The number of amides is 3. The molecule has 0 unspecified atom stereocenters. The molecule has 0 spiro atoms. The Kier molecular flexibility index (Phi) is 9.46. The molecule has 32 heavy (non-hydrogen) atoms. The molecule has 170 valence electrons. The van der Waals surface area contributed by atoms with E-state index in [4.69, 9.17) is 4.74 Å². The fraction of sp³-hybridized carbons (Fsp3) is 0.292. The minimum Gasteiger partial charge on any atom is -0.444 e. The summed E-state index contributed by atoms with van der Waals surface area (Å²) in [6, 6.07) is 14.8. The van der Waals surface area contributed by atoms with Crippen LogP contribution >= 0.6 is 15.9 Å². The third-order valence-electron chi connectivity index (χ3n) is 4.02. The fourth-order valence-corrected chi connectivity index (χ4v) is 3.02. The Bertz CT molecular complexity index is 983. The van der Waals surface area contributed by atoms with Crippen LogP contribution in [0.15, 0.2) is 59.1 Å². The zero-order valence-electron chi connectivity index (χ0n) is 18.4. The highest BCUT2D eigenvalue weighted by molar-refractivity contribution is 9.10. The Labute approximate surface area is 196 Å². The summed E-state index contributed by atoms with van der Waals surface area (Å²) < 4.78 is 6.04. The van der Waals surface area contributed by atoms with Gasteiger partial charge in [-0.3, -0.25) is 9.59 Å². The molecule has 0 atom stereocenters. The number of rotatable bonds is 8. The average molecular weight is 502 g/mol. The van der Waals surface area contributed by atoms with Crippen LogP contribution in [0, 0.1) is 0 Å². The van der Waals surface area contributed by atoms with E-state index < -0.39 is 11.7 Å². The molecule has 2 aromatic rings. The summed E-state index contributed by atoms with van der Waals surface area (Å²) in [7, 11) is 0. The number of ether oxygens (including phenoxy) is 1. The number of alkyl carbamates (subject to hydrolysis) is 1. The van der Waals surface area contributed by atoms with Gasteiger partial charge in [0.05, 0.1) is 0 Å². The average Bonchev–Trinajstić information content (AvgIpc) is 2.70. The Balaban J connectivity index is 1.78. The van der Waals surface area contributed by atoms with Crippen LogP contribution in [0.4, 0.5) is 10.5 Å². The first-order valence-electron chi connectivity index (χ1n) is 10.2. The van der Waals surface area contributed by atoms with E-state index in [0.717, 1.165) is 15.6 Å². The Morgan fingerprint density at radius 2 is 1.78 bits per heavy atom. The lowest BCUT2D eigenvalue weighted by Gasteiger charge is -2.19. The van der Waals surface area contributed by atoms with Gasteiger partial charge in [0.1, 0.15) is 5.60 Å². The molecule has 0 saturated heterocycles. The van der Waals surface area contributed by atoms with Crippen molar-refractivity contribution >= 4 is 45.6 Å². The number of anilines is 1. The molecule has 0 aliphatic heterocycles. The second kappa shape index (κ2) is 12.0. The van der Waals surface area contributed by atoms with Crippen molar-refractivity contribution in [2.45, 2.75) is 39.3 Å². The highest BCUT2D eigenvalue weighted by Crippen LogP contribution is 2.17. The van der Waals surface area contributed by atoms with Gasteiger partial charge in [0.2, 0.25) is 11.8 Å². The van der Waals surface area contributed by atoms with Crippen LogP contribution in [0.25, 0.3) is 6.08 Å². The van der Waals surface area contributed by atoms with Crippen molar-refractivity contribution in [1.82, 2.24) is 10.6 Å². The van der Waals surface area contributed by atoms with E-state index in [0.29, 0.717) is 12.2 Å². The van der Waals surface area contributed by atoms with E-state index >= 15 is 0 Å². The molecular formula is C24H28BrN3O4. The van der Waals surface area contributed by atoms with Crippen LogP contribution in [0.1, 0.15) is 38.3 Å². The predicted octanol–water partition coefficient (Wildman–Crippen LogP) is 4.63. The molecule has 0 heterocycles. The molecule has 0 saturated carbocycles.